The highest BCUT2D eigenvalue weighted by Gasteiger charge is 2.24. The fraction of sp³-hybridized carbons (Fsp3) is 0.533. The largest absolute Gasteiger partial charge is 0.320 e. The van der Waals surface area contributed by atoms with Crippen LogP contribution in [0.5, 0.6) is 0 Å². The number of carbonyl (C=O) groups is 1. The molecule has 1 aliphatic rings. The maximum atomic E-state index is 12.5. The van der Waals surface area contributed by atoms with Gasteiger partial charge in [-0.05, 0) is 49.3 Å². The van der Waals surface area contributed by atoms with Gasteiger partial charge in [-0.15, -0.1) is 0 Å². The summed E-state index contributed by atoms with van der Waals surface area (Å²) in [4.78, 5) is 14.4. The van der Waals surface area contributed by atoms with Crippen molar-refractivity contribution in [1.82, 2.24) is 0 Å². The van der Waals surface area contributed by atoms with Gasteiger partial charge < -0.3 is 10.6 Å². The van der Waals surface area contributed by atoms with Crippen LogP contribution in [0.3, 0.4) is 0 Å². The van der Waals surface area contributed by atoms with E-state index in [1.54, 1.807) is 11.8 Å². The lowest BCUT2D eigenvalue weighted by atomic mass is 10.1. The zero-order chi connectivity index (χ0) is 13.7. The standard InChI is InChI=1S/C15H22N2OS/c1-19-11-9-13(16)15(18)17-10-5-4-7-12-6-2-3-8-14(12)17/h2-3,6,8,13H,4-5,7,9-11,16H2,1H3/t13-/m0/s1. The van der Waals surface area contributed by atoms with Gasteiger partial charge in [0.05, 0.1) is 6.04 Å². The third-order valence-electron chi connectivity index (χ3n) is 3.58. The van der Waals surface area contributed by atoms with Crippen LogP contribution in [0.1, 0.15) is 24.8 Å². The van der Waals surface area contributed by atoms with Crippen molar-refractivity contribution < 1.29 is 4.79 Å². The second-order valence-corrected chi connectivity index (χ2v) is 5.95. The Morgan fingerprint density at radius 3 is 3.00 bits per heavy atom. The van der Waals surface area contributed by atoms with E-state index in [0.717, 1.165) is 43.7 Å². The summed E-state index contributed by atoms with van der Waals surface area (Å²) in [7, 11) is 0. The van der Waals surface area contributed by atoms with Crippen molar-refractivity contribution in [3.8, 4) is 0 Å². The lowest BCUT2D eigenvalue weighted by Crippen LogP contribution is -2.44. The maximum absolute atomic E-state index is 12.5. The fourth-order valence-corrected chi connectivity index (χ4v) is 2.98. The van der Waals surface area contributed by atoms with Crippen LogP contribution >= 0.6 is 11.8 Å². The van der Waals surface area contributed by atoms with E-state index < -0.39 is 0 Å². The van der Waals surface area contributed by atoms with Crippen LogP contribution in [0.4, 0.5) is 5.69 Å². The van der Waals surface area contributed by atoms with E-state index in [1.807, 2.05) is 29.4 Å². The molecule has 0 aliphatic carbocycles. The third kappa shape index (κ3) is 3.51. The van der Waals surface area contributed by atoms with Gasteiger partial charge in [0.15, 0.2) is 0 Å². The number of hydrogen-bond donors (Lipinski definition) is 1. The summed E-state index contributed by atoms with van der Waals surface area (Å²) in [6, 6.07) is 7.82. The Labute approximate surface area is 119 Å². The van der Waals surface area contributed by atoms with Gasteiger partial charge in [0.2, 0.25) is 5.91 Å². The predicted octanol–water partition coefficient (Wildman–Crippen LogP) is 2.44. The van der Waals surface area contributed by atoms with Gasteiger partial charge in [0.1, 0.15) is 0 Å². The molecule has 0 saturated carbocycles. The number of nitrogens with zero attached hydrogens (tertiary/aromatic N) is 1. The lowest BCUT2D eigenvalue weighted by Gasteiger charge is -2.25. The van der Waals surface area contributed by atoms with Crippen molar-refractivity contribution in [1.29, 1.82) is 0 Å². The van der Waals surface area contributed by atoms with Crippen LogP contribution in [0, 0.1) is 0 Å². The highest BCUT2D eigenvalue weighted by atomic mass is 32.2. The minimum atomic E-state index is -0.376. The molecule has 4 heteroatoms. The van der Waals surface area contributed by atoms with Crippen molar-refractivity contribution in [2.75, 3.05) is 23.5 Å². The first kappa shape index (κ1) is 14.4. The molecule has 19 heavy (non-hydrogen) atoms. The van der Waals surface area contributed by atoms with Crippen molar-refractivity contribution >= 4 is 23.4 Å². The Morgan fingerprint density at radius 2 is 2.21 bits per heavy atom. The summed E-state index contributed by atoms with van der Waals surface area (Å²) < 4.78 is 0. The highest BCUT2D eigenvalue weighted by Crippen LogP contribution is 2.26. The SMILES string of the molecule is CSCC[C@H](N)C(=O)N1CCCCc2ccccc21. The van der Waals surface area contributed by atoms with E-state index >= 15 is 0 Å². The molecular weight excluding hydrogens is 256 g/mol. The second-order valence-electron chi connectivity index (χ2n) is 4.96. The summed E-state index contributed by atoms with van der Waals surface area (Å²) >= 11 is 1.73. The van der Waals surface area contributed by atoms with Gasteiger partial charge in [0.25, 0.3) is 0 Å². The molecule has 2 rings (SSSR count). The minimum Gasteiger partial charge on any atom is -0.320 e. The van der Waals surface area contributed by atoms with Crippen LogP contribution < -0.4 is 10.6 Å². The van der Waals surface area contributed by atoms with Crippen LogP contribution in [0.25, 0.3) is 0 Å². The van der Waals surface area contributed by atoms with Crippen LogP contribution in [0.15, 0.2) is 24.3 Å². The first-order valence-electron chi connectivity index (χ1n) is 6.88. The molecule has 0 fully saturated rings. The smallest absolute Gasteiger partial charge is 0.243 e. The minimum absolute atomic E-state index is 0.0726. The van der Waals surface area contributed by atoms with E-state index in [9.17, 15) is 4.79 Å². The summed E-state index contributed by atoms with van der Waals surface area (Å²) in [6.45, 7) is 0.794. The molecule has 1 aliphatic heterocycles. The first-order valence-corrected chi connectivity index (χ1v) is 8.27. The molecule has 1 aromatic rings. The Hall–Kier alpha value is -1.00. The maximum Gasteiger partial charge on any atom is 0.243 e. The van der Waals surface area contributed by atoms with E-state index in [-0.39, 0.29) is 11.9 Å². The number of fused-ring (bicyclic) bond motifs is 1. The summed E-state index contributed by atoms with van der Waals surface area (Å²) in [5, 5.41) is 0. The Balaban J connectivity index is 2.17. The molecule has 1 atom stereocenters. The van der Waals surface area contributed by atoms with Crippen LogP contribution in [0.2, 0.25) is 0 Å². The number of para-hydroxylation sites is 1. The molecule has 2 N–H and O–H groups in total. The molecule has 0 unspecified atom stereocenters. The number of rotatable bonds is 4. The van der Waals surface area contributed by atoms with Crippen LogP contribution in [-0.4, -0.2) is 30.5 Å². The quantitative estimate of drug-likeness (QED) is 0.920. The number of aryl methyl sites for hydroxylation is 1. The van der Waals surface area contributed by atoms with E-state index in [0.29, 0.717) is 0 Å². The van der Waals surface area contributed by atoms with Crippen molar-refractivity contribution in [3.63, 3.8) is 0 Å². The van der Waals surface area contributed by atoms with Crippen molar-refractivity contribution in [3.05, 3.63) is 29.8 Å². The molecule has 0 aromatic heterocycles. The Kier molecular flexibility index (Phi) is 5.28. The average Bonchev–Trinajstić information content (AvgIpc) is 2.66. The van der Waals surface area contributed by atoms with Gasteiger partial charge in [0, 0.05) is 12.2 Å². The third-order valence-corrected chi connectivity index (χ3v) is 4.22. The second kappa shape index (κ2) is 6.96. The normalized spacial score (nSPS) is 16.6. The van der Waals surface area contributed by atoms with Gasteiger partial charge in [-0.25, -0.2) is 0 Å². The topological polar surface area (TPSA) is 46.3 Å². The molecule has 1 amide bonds. The molecule has 0 radical (unpaired) electrons. The molecule has 1 aromatic carbocycles. The first-order chi connectivity index (χ1) is 9.24. The Morgan fingerprint density at radius 1 is 1.42 bits per heavy atom. The van der Waals surface area contributed by atoms with E-state index in [4.69, 9.17) is 5.73 Å². The molecule has 104 valence electrons. The number of anilines is 1. The molecule has 0 spiro atoms. The number of carbonyl (C=O) groups excluding carboxylic acids is 1. The van der Waals surface area contributed by atoms with Gasteiger partial charge >= 0.3 is 0 Å². The van der Waals surface area contributed by atoms with E-state index in [2.05, 4.69) is 6.07 Å². The Bertz CT molecular complexity index is 436. The van der Waals surface area contributed by atoms with Crippen molar-refractivity contribution in [2.45, 2.75) is 31.7 Å². The zero-order valence-electron chi connectivity index (χ0n) is 11.5. The number of amides is 1. The molecule has 0 saturated heterocycles. The average molecular weight is 278 g/mol. The number of benzene rings is 1. The van der Waals surface area contributed by atoms with Gasteiger partial charge in [-0.2, -0.15) is 11.8 Å². The number of nitrogens with two attached hydrogens (primary N) is 1. The molecule has 1 heterocycles. The van der Waals surface area contributed by atoms with Gasteiger partial charge in [-0.3, -0.25) is 4.79 Å². The molecule has 3 nitrogen and oxygen atoms in total. The summed E-state index contributed by atoms with van der Waals surface area (Å²) in [5.41, 5.74) is 8.37. The van der Waals surface area contributed by atoms with Crippen LogP contribution in [-0.2, 0) is 11.2 Å². The lowest BCUT2D eigenvalue weighted by molar-refractivity contribution is -0.119. The van der Waals surface area contributed by atoms with Gasteiger partial charge in [-0.1, -0.05) is 18.2 Å². The molecule has 0 bridgehead atoms. The molecular formula is C15H22N2OS. The summed E-state index contributed by atoms with van der Waals surface area (Å²) in [6.07, 6.45) is 6.04. The number of thioether (sulfide) groups is 1. The zero-order valence-corrected chi connectivity index (χ0v) is 12.3. The summed E-state index contributed by atoms with van der Waals surface area (Å²) in [5.74, 6) is 1.01. The van der Waals surface area contributed by atoms with E-state index in [1.165, 1.54) is 5.56 Å². The predicted molar refractivity (Wildman–Crippen MR) is 82.7 cm³/mol. The van der Waals surface area contributed by atoms with Crippen molar-refractivity contribution in [2.24, 2.45) is 5.73 Å². The fourth-order valence-electron chi connectivity index (χ4n) is 2.49. The highest BCUT2D eigenvalue weighted by molar-refractivity contribution is 7.98. The number of hydrogen-bond acceptors (Lipinski definition) is 3. The monoisotopic (exact) mass is 278 g/mol.